The zero-order valence-electron chi connectivity index (χ0n) is 15.0. The fourth-order valence-corrected chi connectivity index (χ4v) is 7.60. The van der Waals surface area contributed by atoms with Crippen LogP contribution in [0.1, 0.15) is 71.6 Å². The van der Waals surface area contributed by atoms with E-state index < -0.39 is 5.60 Å². The Balaban J connectivity index is 1.60. The van der Waals surface area contributed by atoms with E-state index in [0.717, 1.165) is 37.5 Å². The van der Waals surface area contributed by atoms with Crippen LogP contribution >= 0.6 is 11.6 Å². The first-order valence-electron chi connectivity index (χ1n) is 9.86. The van der Waals surface area contributed by atoms with E-state index in [9.17, 15) is 10.2 Å². The lowest BCUT2D eigenvalue weighted by Crippen LogP contribution is -2.56. The molecule has 2 N–H and O–H groups in total. The van der Waals surface area contributed by atoms with Crippen LogP contribution in [0.4, 0.5) is 0 Å². The van der Waals surface area contributed by atoms with Crippen molar-refractivity contribution in [3.8, 4) is 11.3 Å². The Kier molecular flexibility index (Phi) is 4.04. The van der Waals surface area contributed by atoms with Gasteiger partial charge >= 0.3 is 0 Å². The lowest BCUT2D eigenvalue weighted by molar-refractivity contribution is -0.143. The third-order valence-electron chi connectivity index (χ3n) is 8.96. The molecule has 4 aliphatic rings. The van der Waals surface area contributed by atoms with Gasteiger partial charge in [-0.2, -0.15) is 0 Å². The molecule has 0 aliphatic heterocycles. The number of hydrogen-bond donors (Lipinski definition) is 2. The molecule has 8 atom stereocenters. The molecule has 0 bridgehead atoms. The molecule has 0 aromatic heterocycles. The highest BCUT2D eigenvalue weighted by atomic mass is 35.5. The van der Waals surface area contributed by atoms with E-state index in [-0.39, 0.29) is 11.5 Å². The number of fused-ring (bicyclic) bond motifs is 5. The summed E-state index contributed by atoms with van der Waals surface area (Å²) in [6, 6.07) is 0. The predicted octanol–water partition coefficient (Wildman–Crippen LogP) is 4.32. The third kappa shape index (κ3) is 2.31. The third-order valence-corrected chi connectivity index (χ3v) is 9.05. The molecule has 4 saturated carbocycles. The summed E-state index contributed by atoms with van der Waals surface area (Å²) in [4.78, 5) is 0. The van der Waals surface area contributed by atoms with Gasteiger partial charge in [0.1, 0.15) is 5.60 Å². The fraction of sp³-hybridized carbons (Fsp3) is 0.905. The fourth-order valence-electron chi connectivity index (χ4n) is 7.42. The highest BCUT2D eigenvalue weighted by molar-refractivity contribution is 6.30. The van der Waals surface area contributed by atoms with Gasteiger partial charge in [-0.15, -0.1) is 0 Å². The highest BCUT2D eigenvalue weighted by Crippen LogP contribution is 2.66. The molecule has 3 heteroatoms. The quantitative estimate of drug-likeness (QED) is 0.639. The molecule has 0 saturated heterocycles. The number of aliphatic hydroxyl groups is 2. The van der Waals surface area contributed by atoms with Crippen LogP contribution in [-0.2, 0) is 0 Å². The van der Waals surface area contributed by atoms with E-state index in [1.54, 1.807) is 0 Å². The van der Waals surface area contributed by atoms with Crippen molar-refractivity contribution in [1.82, 2.24) is 0 Å². The Morgan fingerprint density at radius 1 is 0.917 bits per heavy atom. The molecule has 0 heterocycles. The molecule has 2 nitrogen and oxygen atoms in total. The van der Waals surface area contributed by atoms with E-state index in [1.165, 1.54) is 32.1 Å². The average Bonchev–Trinajstić information content (AvgIpc) is 2.84. The topological polar surface area (TPSA) is 40.5 Å². The standard InChI is InChI=1S/C21H31ClO2/c1-19-9-10-21(24,11-12-22)13-14(19)3-4-15-16-5-6-18(23)20(16,2)8-7-17(15)19/h14-18,23-24H,3-10,13H2,1-2H3/t14-,15+,16+,17+,18+,19+,20+,21+/m1/s1. The van der Waals surface area contributed by atoms with Gasteiger partial charge in [0, 0.05) is 5.38 Å². The van der Waals surface area contributed by atoms with E-state index in [0.29, 0.717) is 17.3 Å². The Morgan fingerprint density at radius 3 is 2.42 bits per heavy atom. The number of halogens is 1. The molecular weight excluding hydrogens is 320 g/mol. The highest BCUT2D eigenvalue weighted by Gasteiger charge is 2.61. The van der Waals surface area contributed by atoms with Gasteiger partial charge in [-0.05, 0) is 104 Å². The van der Waals surface area contributed by atoms with Gasteiger partial charge in [-0.25, -0.2) is 0 Å². The lowest BCUT2D eigenvalue weighted by atomic mass is 9.44. The zero-order valence-corrected chi connectivity index (χ0v) is 15.8. The Labute approximate surface area is 151 Å². The maximum atomic E-state index is 10.8. The maximum absolute atomic E-state index is 10.8. The van der Waals surface area contributed by atoms with Crippen LogP contribution in [0.5, 0.6) is 0 Å². The van der Waals surface area contributed by atoms with Crippen molar-refractivity contribution < 1.29 is 10.2 Å². The van der Waals surface area contributed by atoms with Crippen molar-refractivity contribution in [2.75, 3.05) is 0 Å². The molecule has 0 spiro atoms. The molecular formula is C21H31ClO2. The van der Waals surface area contributed by atoms with Gasteiger partial charge in [0.25, 0.3) is 0 Å². The number of rotatable bonds is 0. The monoisotopic (exact) mass is 350 g/mol. The predicted molar refractivity (Wildman–Crippen MR) is 96.3 cm³/mol. The van der Waals surface area contributed by atoms with Gasteiger partial charge in [0.15, 0.2) is 0 Å². The smallest absolute Gasteiger partial charge is 0.127 e. The summed E-state index contributed by atoms with van der Waals surface area (Å²) in [6.45, 7) is 4.83. The van der Waals surface area contributed by atoms with Gasteiger partial charge < -0.3 is 10.2 Å². The average molecular weight is 351 g/mol. The minimum absolute atomic E-state index is 0.0931. The second-order valence-electron chi connectivity index (χ2n) is 9.75. The second-order valence-corrected chi connectivity index (χ2v) is 9.94. The zero-order chi connectivity index (χ0) is 17.2. The van der Waals surface area contributed by atoms with Gasteiger partial charge in [0.2, 0.25) is 0 Å². The van der Waals surface area contributed by atoms with Crippen LogP contribution in [0.25, 0.3) is 0 Å². The molecule has 4 fully saturated rings. The minimum atomic E-state index is -0.870. The van der Waals surface area contributed by atoms with Gasteiger partial charge in [-0.3, -0.25) is 0 Å². The SMILES string of the molecule is C[C@]12CC[C@](O)(C#CCl)C[C@H]1CC[C@@H]1[C@@H]2CC[C@]2(C)[C@@H](O)CC[C@@H]12. The summed E-state index contributed by atoms with van der Waals surface area (Å²) in [7, 11) is 0. The molecule has 134 valence electrons. The summed E-state index contributed by atoms with van der Waals surface area (Å²) in [6.07, 6.45) is 9.61. The van der Waals surface area contributed by atoms with Crippen molar-refractivity contribution >= 4 is 11.6 Å². The molecule has 24 heavy (non-hydrogen) atoms. The molecule has 0 amide bonds. The van der Waals surface area contributed by atoms with Crippen LogP contribution in [0, 0.1) is 45.8 Å². The lowest BCUT2D eigenvalue weighted by Gasteiger charge is -2.61. The largest absolute Gasteiger partial charge is 0.393 e. The summed E-state index contributed by atoms with van der Waals surface area (Å²) >= 11 is 5.59. The first kappa shape index (κ1) is 17.2. The van der Waals surface area contributed by atoms with Crippen molar-refractivity contribution in [3.63, 3.8) is 0 Å². The molecule has 0 aromatic rings. The minimum Gasteiger partial charge on any atom is -0.393 e. The van der Waals surface area contributed by atoms with Crippen molar-refractivity contribution in [2.45, 2.75) is 83.3 Å². The summed E-state index contributed by atoms with van der Waals surface area (Å²) in [5.74, 6) is 5.66. The maximum Gasteiger partial charge on any atom is 0.127 e. The van der Waals surface area contributed by atoms with E-state index in [4.69, 9.17) is 11.6 Å². The number of hydrogen-bond acceptors (Lipinski definition) is 2. The molecule has 0 radical (unpaired) electrons. The van der Waals surface area contributed by atoms with Crippen LogP contribution < -0.4 is 0 Å². The van der Waals surface area contributed by atoms with Crippen LogP contribution in [0.2, 0.25) is 0 Å². The first-order valence-corrected chi connectivity index (χ1v) is 10.2. The Morgan fingerprint density at radius 2 is 1.67 bits per heavy atom. The second kappa shape index (κ2) is 5.63. The van der Waals surface area contributed by atoms with E-state index in [2.05, 4.69) is 25.1 Å². The molecule has 0 aromatic carbocycles. The van der Waals surface area contributed by atoms with E-state index in [1.807, 2.05) is 0 Å². The van der Waals surface area contributed by atoms with Crippen LogP contribution in [-0.4, -0.2) is 21.9 Å². The summed E-state index contributed by atoms with van der Waals surface area (Å²) < 4.78 is 0. The van der Waals surface area contributed by atoms with Crippen LogP contribution in [0.15, 0.2) is 0 Å². The summed E-state index contributed by atoms with van der Waals surface area (Å²) in [5, 5.41) is 23.7. The normalized spacial score (nSPS) is 56.5. The Bertz CT molecular complexity index is 580. The summed E-state index contributed by atoms with van der Waals surface area (Å²) in [5.41, 5.74) is -0.382. The molecule has 4 rings (SSSR count). The van der Waals surface area contributed by atoms with Crippen molar-refractivity contribution in [3.05, 3.63) is 0 Å². The van der Waals surface area contributed by atoms with E-state index >= 15 is 0 Å². The van der Waals surface area contributed by atoms with Gasteiger partial charge in [-0.1, -0.05) is 19.8 Å². The first-order chi connectivity index (χ1) is 11.3. The number of aliphatic hydroxyl groups excluding tert-OH is 1. The van der Waals surface area contributed by atoms with Crippen molar-refractivity contribution in [2.24, 2.45) is 34.5 Å². The molecule has 4 aliphatic carbocycles. The van der Waals surface area contributed by atoms with Crippen molar-refractivity contribution in [1.29, 1.82) is 0 Å². The van der Waals surface area contributed by atoms with Crippen LogP contribution in [0.3, 0.4) is 0 Å². The van der Waals surface area contributed by atoms with Gasteiger partial charge in [0.05, 0.1) is 6.10 Å². The Hall–Kier alpha value is -0.230. The molecule has 0 unspecified atom stereocenters.